The maximum absolute atomic E-state index is 10.4. The van der Waals surface area contributed by atoms with Gasteiger partial charge in [0.15, 0.2) is 0 Å². The highest BCUT2D eigenvalue weighted by molar-refractivity contribution is 5.00. The van der Waals surface area contributed by atoms with E-state index in [-0.39, 0.29) is 6.10 Å². The molecule has 0 spiro atoms. The van der Waals surface area contributed by atoms with Crippen LogP contribution in [0.25, 0.3) is 0 Å². The van der Waals surface area contributed by atoms with Gasteiger partial charge in [0.05, 0.1) is 6.10 Å². The molecule has 0 heterocycles. The van der Waals surface area contributed by atoms with Crippen LogP contribution in [-0.4, -0.2) is 11.2 Å². The summed E-state index contributed by atoms with van der Waals surface area (Å²) in [5, 5.41) is 10.4. The number of aliphatic hydroxyl groups excluding tert-OH is 1. The van der Waals surface area contributed by atoms with Gasteiger partial charge in [-0.25, -0.2) is 0 Å². The standard InChI is InChI=1S/C16H28O/c1-11(2)14-8-9-15(16(17)10-14)13-6-4-12(3)5-7-13/h12-17H,1,4-10H2,2-3H3. The molecule has 0 amide bonds. The number of aliphatic hydroxyl groups is 1. The van der Waals surface area contributed by atoms with Gasteiger partial charge >= 0.3 is 0 Å². The highest BCUT2D eigenvalue weighted by atomic mass is 16.3. The van der Waals surface area contributed by atoms with Crippen LogP contribution in [-0.2, 0) is 0 Å². The Morgan fingerprint density at radius 2 is 1.71 bits per heavy atom. The number of allylic oxidation sites excluding steroid dienone is 1. The lowest BCUT2D eigenvalue weighted by molar-refractivity contribution is 0.00815. The molecule has 17 heavy (non-hydrogen) atoms. The van der Waals surface area contributed by atoms with Crippen molar-refractivity contribution in [2.75, 3.05) is 0 Å². The van der Waals surface area contributed by atoms with Crippen molar-refractivity contribution in [3.05, 3.63) is 12.2 Å². The molecule has 0 saturated heterocycles. The van der Waals surface area contributed by atoms with Gasteiger partial charge < -0.3 is 5.11 Å². The van der Waals surface area contributed by atoms with Gasteiger partial charge in [0.25, 0.3) is 0 Å². The van der Waals surface area contributed by atoms with Crippen LogP contribution in [0.15, 0.2) is 12.2 Å². The van der Waals surface area contributed by atoms with Crippen LogP contribution < -0.4 is 0 Å². The Kier molecular flexibility index (Phi) is 4.30. The molecule has 2 fully saturated rings. The van der Waals surface area contributed by atoms with Crippen molar-refractivity contribution in [2.24, 2.45) is 23.7 Å². The molecular weight excluding hydrogens is 208 g/mol. The Balaban J connectivity index is 1.88. The van der Waals surface area contributed by atoms with Crippen molar-refractivity contribution < 1.29 is 5.11 Å². The van der Waals surface area contributed by atoms with Gasteiger partial charge in [0.2, 0.25) is 0 Å². The molecule has 1 nitrogen and oxygen atoms in total. The third kappa shape index (κ3) is 3.13. The molecule has 0 radical (unpaired) electrons. The summed E-state index contributed by atoms with van der Waals surface area (Å²) in [5.74, 6) is 2.87. The summed E-state index contributed by atoms with van der Waals surface area (Å²) in [4.78, 5) is 0. The molecule has 0 aromatic carbocycles. The molecule has 1 heteroatoms. The van der Waals surface area contributed by atoms with Crippen molar-refractivity contribution in [3.63, 3.8) is 0 Å². The summed E-state index contributed by atoms with van der Waals surface area (Å²) >= 11 is 0. The zero-order chi connectivity index (χ0) is 12.4. The van der Waals surface area contributed by atoms with Crippen molar-refractivity contribution in [3.8, 4) is 0 Å². The van der Waals surface area contributed by atoms with Crippen LogP contribution in [0.2, 0.25) is 0 Å². The number of hydrogen-bond acceptors (Lipinski definition) is 1. The Labute approximate surface area is 106 Å². The molecule has 2 aliphatic rings. The van der Waals surface area contributed by atoms with Crippen molar-refractivity contribution in [1.82, 2.24) is 0 Å². The third-order valence-electron chi connectivity index (χ3n) is 5.23. The second-order valence-corrected chi connectivity index (χ2v) is 6.61. The van der Waals surface area contributed by atoms with Crippen molar-refractivity contribution in [2.45, 2.75) is 64.9 Å². The molecule has 0 bridgehead atoms. The average Bonchev–Trinajstić information content (AvgIpc) is 2.30. The summed E-state index contributed by atoms with van der Waals surface area (Å²) in [5.41, 5.74) is 1.26. The highest BCUT2D eigenvalue weighted by Crippen LogP contribution is 2.42. The summed E-state index contributed by atoms with van der Waals surface area (Å²) in [6.07, 6.45) is 8.81. The molecule has 3 unspecified atom stereocenters. The Morgan fingerprint density at radius 1 is 1.06 bits per heavy atom. The summed E-state index contributed by atoms with van der Waals surface area (Å²) in [6.45, 7) is 8.53. The van der Waals surface area contributed by atoms with Crippen LogP contribution in [0, 0.1) is 23.7 Å². The third-order valence-corrected chi connectivity index (χ3v) is 5.23. The molecule has 0 aromatic rings. The quantitative estimate of drug-likeness (QED) is 0.714. The second kappa shape index (κ2) is 5.56. The SMILES string of the molecule is C=C(C)C1CCC(C2CCC(C)CC2)C(O)C1. The fourth-order valence-corrected chi connectivity index (χ4v) is 3.88. The first-order valence-electron chi connectivity index (χ1n) is 7.41. The van der Waals surface area contributed by atoms with Gasteiger partial charge in [-0.15, -0.1) is 0 Å². The van der Waals surface area contributed by atoms with Crippen molar-refractivity contribution >= 4 is 0 Å². The Morgan fingerprint density at radius 3 is 2.24 bits per heavy atom. The summed E-state index contributed by atoms with van der Waals surface area (Å²) in [6, 6.07) is 0. The van der Waals surface area contributed by atoms with Crippen LogP contribution in [0.1, 0.15) is 58.8 Å². The van der Waals surface area contributed by atoms with Gasteiger partial charge in [-0.3, -0.25) is 0 Å². The molecule has 3 atom stereocenters. The van der Waals surface area contributed by atoms with Crippen molar-refractivity contribution in [1.29, 1.82) is 0 Å². The molecule has 0 aromatic heterocycles. The lowest BCUT2D eigenvalue weighted by atomic mass is 9.67. The van der Waals surface area contributed by atoms with Crippen LogP contribution in [0.5, 0.6) is 0 Å². The van der Waals surface area contributed by atoms with E-state index in [4.69, 9.17) is 0 Å². The number of hydrogen-bond donors (Lipinski definition) is 1. The molecule has 2 saturated carbocycles. The normalized spacial score (nSPS) is 43.4. The summed E-state index contributed by atoms with van der Waals surface area (Å²) < 4.78 is 0. The predicted molar refractivity (Wildman–Crippen MR) is 72.8 cm³/mol. The van der Waals surface area contributed by atoms with Gasteiger partial charge in [0.1, 0.15) is 0 Å². The van der Waals surface area contributed by atoms with E-state index in [0.29, 0.717) is 11.8 Å². The first kappa shape index (κ1) is 13.1. The first-order valence-corrected chi connectivity index (χ1v) is 7.41. The molecule has 1 N–H and O–H groups in total. The van der Waals surface area contributed by atoms with E-state index in [2.05, 4.69) is 20.4 Å². The zero-order valence-corrected chi connectivity index (χ0v) is 11.5. The fourth-order valence-electron chi connectivity index (χ4n) is 3.88. The average molecular weight is 236 g/mol. The smallest absolute Gasteiger partial charge is 0.0576 e. The zero-order valence-electron chi connectivity index (χ0n) is 11.5. The predicted octanol–water partition coefficient (Wildman–Crippen LogP) is 4.17. The van der Waals surface area contributed by atoms with E-state index in [1.807, 2.05) is 0 Å². The van der Waals surface area contributed by atoms with Crippen LogP contribution in [0.3, 0.4) is 0 Å². The Bertz CT molecular complexity index is 263. The fraction of sp³-hybridized carbons (Fsp3) is 0.875. The Hall–Kier alpha value is -0.300. The minimum Gasteiger partial charge on any atom is -0.393 e. The monoisotopic (exact) mass is 236 g/mol. The number of rotatable bonds is 2. The van der Waals surface area contributed by atoms with Crippen LogP contribution in [0.4, 0.5) is 0 Å². The van der Waals surface area contributed by atoms with E-state index in [0.717, 1.165) is 18.3 Å². The van der Waals surface area contributed by atoms with E-state index < -0.39 is 0 Å². The molecule has 98 valence electrons. The van der Waals surface area contributed by atoms with Gasteiger partial charge in [-0.2, -0.15) is 0 Å². The second-order valence-electron chi connectivity index (χ2n) is 6.61. The van der Waals surface area contributed by atoms with E-state index in [1.165, 1.54) is 44.1 Å². The highest BCUT2D eigenvalue weighted by Gasteiger charge is 2.35. The minimum absolute atomic E-state index is 0.0659. The molecular formula is C16H28O. The molecule has 2 rings (SSSR count). The van der Waals surface area contributed by atoms with Gasteiger partial charge in [-0.05, 0) is 62.7 Å². The lowest BCUT2D eigenvalue weighted by Crippen LogP contribution is -2.36. The van der Waals surface area contributed by atoms with Gasteiger partial charge in [-0.1, -0.05) is 31.9 Å². The largest absolute Gasteiger partial charge is 0.393 e. The van der Waals surface area contributed by atoms with Crippen LogP contribution >= 0.6 is 0 Å². The minimum atomic E-state index is -0.0659. The lowest BCUT2D eigenvalue weighted by Gasteiger charge is -2.40. The van der Waals surface area contributed by atoms with E-state index >= 15 is 0 Å². The topological polar surface area (TPSA) is 20.2 Å². The summed E-state index contributed by atoms with van der Waals surface area (Å²) in [7, 11) is 0. The first-order chi connectivity index (χ1) is 8.08. The van der Waals surface area contributed by atoms with Gasteiger partial charge in [0, 0.05) is 0 Å². The molecule has 0 aliphatic heterocycles. The molecule has 2 aliphatic carbocycles. The van der Waals surface area contributed by atoms with E-state index in [9.17, 15) is 5.11 Å². The maximum Gasteiger partial charge on any atom is 0.0576 e. The van der Waals surface area contributed by atoms with E-state index in [1.54, 1.807) is 0 Å². The maximum atomic E-state index is 10.4.